The van der Waals surface area contributed by atoms with Gasteiger partial charge in [-0.05, 0) is 48.1 Å². The minimum absolute atomic E-state index is 0.0341. The highest BCUT2D eigenvalue weighted by atomic mass is 35.5. The molecule has 0 spiro atoms. The first kappa shape index (κ1) is 14.7. The first-order chi connectivity index (χ1) is 9.10. The van der Waals surface area contributed by atoms with Gasteiger partial charge in [0, 0.05) is 10.9 Å². The fourth-order valence-corrected chi connectivity index (χ4v) is 2.62. The molecule has 0 radical (unpaired) electrons. The van der Waals surface area contributed by atoms with Crippen molar-refractivity contribution in [3.05, 3.63) is 63.6 Å². The van der Waals surface area contributed by atoms with Crippen molar-refractivity contribution in [2.24, 2.45) is 5.73 Å². The van der Waals surface area contributed by atoms with Gasteiger partial charge in [0.25, 0.3) is 0 Å². The van der Waals surface area contributed by atoms with E-state index in [1.807, 2.05) is 18.2 Å². The molecule has 1 nitrogen and oxygen atoms in total. The highest BCUT2D eigenvalue weighted by molar-refractivity contribution is 7.98. The lowest BCUT2D eigenvalue weighted by Gasteiger charge is -2.13. The number of thioether (sulfide) groups is 1. The Balaban J connectivity index is 2.10. The zero-order chi connectivity index (χ0) is 13.8. The fourth-order valence-electron chi connectivity index (χ4n) is 1.89. The molecule has 0 aliphatic carbocycles. The van der Waals surface area contributed by atoms with E-state index < -0.39 is 0 Å². The molecule has 4 heteroatoms. The van der Waals surface area contributed by atoms with Crippen molar-refractivity contribution in [3.63, 3.8) is 0 Å². The third-order valence-electron chi connectivity index (χ3n) is 2.98. The Bertz CT molecular complexity index is 555. The largest absolute Gasteiger partial charge is 0.324 e. The number of halogens is 2. The van der Waals surface area contributed by atoms with Gasteiger partial charge in [0.1, 0.15) is 0 Å². The Kier molecular flexibility index (Phi) is 5.17. The van der Waals surface area contributed by atoms with Gasteiger partial charge in [-0.25, -0.2) is 0 Å². The monoisotopic (exact) mass is 311 g/mol. The van der Waals surface area contributed by atoms with Gasteiger partial charge in [-0.3, -0.25) is 0 Å². The van der Waals surface area contributed by atoms with E-state index >= 15 is 0 Å². The molecule has 2 aromatic carbocycles. The molecular formula is C15H15Cl2NS. The summed E-state index contributed by atoms with van der Waals surface area (Å²) in [6.07, 6.45) is 2.81. The number of nitrogens with two attached hydrogens (primary N) is 1. The second-order valence-electron chi connectivity index (χ2n) is 4.33. The Hall–Kier alpha value is -0.670. The van der Waals surface area contributed by atoms with Crippen molar-refractivity contribution in [1.29, 1.82) is 0 Å². The number of hydrogen-bond acceptors (Lipinski definition) is 2. The lowest BCUT2D eigenvalue weighted by Crippen LogP contribution is -2.13. The molecule has 19 heavy (non-hydrogen) atoms. The molecular weight excluding hydrogens is 297 g/mol. The topological polar surface area (TPSA) is 26.0 Å². The van der Waals surface area contributed by atoms with Crippen LogP contribution in [0.15, 0.2) is 47.4 Å². The second-order valence-corrected chi connectivity index (χ2v) is 6.03. The molecule has 0 aliphatic heterocycles. The average Bonchev–Trinajstić information content (AvgIpc) is 2.43. The molecule has 1 atom stereocenters. The van der Waals surface area contributed by atoms with Crippen molar-refractivity contribution in [2.75, 3.05) is 6.26 Å². The number of rotatable bonds is 4. The van der Waals surface area contributed by atoms with Crippen molar-refractivity contribution in [2.45, 2.75) is 17.4 Å². The fraction of sp³-hybridized carbons (Fsp3) is 0.200. The zero-order valence-electron chi connectivity index (χ0n) is 10.6. The van der Waals surface area contributed by atoms with Crippen molar-refractivity contribution in [1.82, 2.24) is 0 Å². The maximum atomic E-state index is 6.22. The molecule has 0 saturated heterocycles. The molecule has 0 bridgehead atoms. The summed E-state index contributed by atoms with van der Waals surface area (Å²) in [5, 5.41) is 1.15. The van der Waals surface area contributed by atoms with E-state index in [9.17, 15) is 0 Å². The van der Waals surface area contributed by atoms with Crippen molar-refractivity contribution < 1.29 is 0 Å². The summed E-state index contributed by atoms with van der Waals surface area (Å²) in [6, 6.07) is 14.0. The van der Waals surface area contributed by atoms with Crippen molar-refractivity contribution in [3.8, 4) is 0 Å². The van der Waals surface area contributed by atoms with Gasteiger partial charge in [-0.1, -0.05) is 41.4 Å². The minimum atomic E-state index is -0.0341. The van der Waals surface area contributed by atoms with Crippen LogP contribution in [0.5, 0.6) is 0 Å². The zero-order valence-corrected chi connectivity index (χ0v) is 12.9. The average molecular weight is 312 g/mol. The van der Waals surface area contributed by atoms with E-state index in [0.717, 1.165) is 17.5 Å². The van der Waals surface area contributed by atoms with Crippen LogP contribution in [0, 0.1) is 0 Å². The van der Waals surface area contributed by atoms with Crippen LogP contribution >= 0.6 is 35.0 Å². The maximum Gasteiger partial charge on any atom is 0.0595 e. The smallest absolute Gasteiger partial charge is 0.0595 e. The minimum Gasteiger partial charge on any atom is -0.324 e. The lowest BCUT2D eigenvalue weighted by molar-refractivity contribution is 0.721. The molecule has 0 aliphatic rings. The summed E-state index contributed by atoms with van der Waals surface area (Å²) in [5.41, 5.74) is 8.45. The summed E-state index contributed by atoms with van der Waals surface area (Å²) < 4.78 is 0. The van der Waals surface area contributed by atoms with E-state index in [2.05, 4.69) is 30.5 Å². The third kappa shape index (κ3) is 3.90. The van der Waals surface area contributed by atoms with Gasteiger partial charge in [-0.2, -0.15) is 0 Å². The predicted octanol–water partition coefficient (Wildman–Crippen LogP) is 4.96. The number of hydrogen-bond donors (Lipinski definition) is 1. The summed E-state index contributed by atoms with van der Waals surface area (Å²) >= 11 is 13.6. The van der Waals surface area contributed by atoms with Crippen LogP contribution in [0.3, 0.4) is 0 Å². The van der Waals surface area contributed by atoms with E-state index in [1.54, 1.807) is 11.8 Å². The van der Waals surface area contributed by atoms with Crippen molar-refractivity contribution >= 4 is 35.0 Å². The Morgan fingerprint density at radius 3 is 2.32 bits per heavy atom. The highest BCUT2D eigenvalue weighted by Crippen LogP contribution is 2.25. The maximum absolute atomic E-state index is 6.22. The molecule has 0 aromatic heterocycles. The van der Waals surface area contributed by atoms with Gasteiger partial charge in [-0.15, -0.1) is 11.8 Å². The normalized spacial score (nSPS) is 12.4. The van der Waals surface area contributed by atoms with Gasteiger partial charge >= 0.3 is 0 Å². The van der Waals surface area contributed by atoms with Crippen LogP contribution in [-0.2, 0) is 6.42 Å². The molecule has 0 saturated carbocycles. The summed E-state index contributed by atoms with van der Waals surface area (Å²) in [5.74, 6) is 0. The SMILES string of the molecule is CSc1ccc(C(N)Cc2ccc(Cl)c(Cl)c2)cc1. The van der Waals surface area contributed by atoms with Crippen LogP contribution in [0.1, 0.15) is 17.2 Å². The molecule has 0 amide bonds. The Morgan fingerprint density at radius 1 is 1.05 bits per heavy atom. The summed E-state index contributed by atoms with van der Waals surface area (Å²) in [7, 11) is 0. The van der Waals surface area contributed by atoms with E-state index in [0.29, 0.717) is 10.0 Å². The second kappa shape index (κ2) is 6.67. The molecule has 2 aromatic rings. The highest BCUT2D eigenvalue weighted by Gasteiger charge is 2.08. The van der Waals surface area contributed by atoms with E-state index in [-0.39, 0.29) is 6.04 Å². The standard InChI is InChI=1S/C15H15Cl2NS/c1-19-12-5-3-11(4-6-12)15(18)9-10-2-7-13(16)14(17)8-10/h2-8,15H,9,18H2,1H3. The van der Waals surface area contributed by atoms with Gasteiger partial charge in [0.2, 0.25) is 0 Å². The van der Waals surface area contributed by atoms with Crippen LogP contribution in [0.2, 0.25) is 10.0 Å². The predicted molar refractivity (Wildman–Crippen MR) is 85.3 cm³/mol. The van der Waals surface area contributed by atoms with Crippen LogP contribution < -0.4 is 5.73 Å². The van der Waals surface area contributed by atoms with Crippen LogP contribution in [0.4, 0.5) is 0 Å². The molecule has 2 N–H and O–H groups in total. The van der Waals surface area contributed by atoms with E-state index in [1.165, 1.54) is 4.90 Å². The molecule has 2 rings (SSSR count). The van der Waals surface area contributed by atoms with E-state index in [4.69, 9.17) is 28.9 Å². The summed E-state index contributed by atoms with van der Waals surface area (Å²) in [4.78, 5) is 1.24. The molecule has 0 heterocycles. The van der Waals surface area contributed by atoms with Crippen LogP contribution in [0.25, 0.3) is 0 Å². The first-order valence-corrected chi connectivity index (χ1v) is 7.91. The molecule has 100 valence electrons. The van der Waals surface area contributed by atoms with Gasteiger partial charge < -0.3 is 5.73 Å². The Morgan fingerprint density at radius 2 is 1.74 bits per heavy atom. The molecule has 1 unspecified atom stereocenters. The lowest BCUT2D eigenvalue weighted by atomic mass is 10.00. The quantitative estimate of drug-likeness (QED) is 0.808. The number of benzene rings is 2. The summed E-state index contributed by atoms with van der Waals surface area (Å²) in [6.45, 7) is 0. The van der Waals surface area contributed by atoms with Gasteiger partial charge in [0.15, 0.2) is 0 Å². The third-order valence-corrected chi connectivity index (χ3v) is 4.47. The van der Waals surface area contributed by atoms with Crippen LogP contribution in [-0.4, -0.2) is 6.26 Å². The first-order valence-electron chi connectivity index (χ1n) is 5.93. The van der Waals surface area contributed by atoms with Gasteiger partial charge in [0.05, 0.1) is 10.0 Å². The Labute approximate surface area is 128 Å². The molecule has 0 fully saturated rings.